The predicted molar refractivity (Wildman–Crippen MR) is 60.2 cm³/mol. The highest BCUT2D eigenvalue weighted by Gasteiger charge is 2.41. The first-order chi connectivity index (χ1) is 9.75. The molecule has 0 atom stereocenters. The first-order valence-electron chi connectivity index (χ1n) is 5.34. The highest BCUT2D eigenvalue weighted by Crippen LogP contribution is 2.34. The number of nitriles is 1. The van der Waals surface area contributed by atoms with Gasteiger partial charge >= 0.3 is 12.1 Å². The van der Waals surface area contributed by atoms with E-state index in [-0.39, 0.29) is 10.2 Å². The fourth-order valence-electron chi connectivity index (χ4n) is 1.70. The second-order valence-corrected chi connectivity index (χ2v) is 3.90. The lowest BCUT2D eigenvalue weighted by atomic mass is 10.2. The Morgan fingerprint density at radius 2 is 2.05 bits per heavy atom. The molecule has 1 N–H and O–H groups in total. The zero-order chi connectivity index (χ0) is 15.8. The zero-order valence-corrected chi connectivity index (χ0v) is 10.0. The van der Waals surface area contributed by atoms with Crippen molar-refractivity contribution < 1.29 is 27.5 Å². The van der Waals surface area contributed by atoms with Crippen LogP contribution in [0.5, 0.6) is 0 Å². The minimum absolute atomic E-state index is 0.0908. The first kappa shape index (κ1) is 14.5. The number of rotatable bonds is 2. The molecule has 0 aliphatic carbocycles. The Labute approximate surface area is 114 Å². The van der Waals surface area contributed by atoms with Crippen molar-refractivity contribution in [3.8, 4) is 11.8 Å². The van der Waals surface area contributed by atoms with Crippen molar-refractivity contribution in [2.75, 3.05) is 0 Å². The molecule has 0 aliphatic rings. The van der Waals surface area contributed by atoms with Gasteiger partial charge in [-0.3, -0.25) is 0 Å². The lowest BCUT2D eigenvalue weighted by Crippen LogP contribution is -2.18. The summed E-state index contributed by atoms with van der Waals surface area (Å²) in [4.78, 5) is 10.8. The van der Waals surface area contributed by atoms with Crippen molar-refractivity contribution in [3.63, 3.8) is 0 Å². The third-order valence-corrected chi connectivity index (χ3v) is 2.57. The van der Waals surface area contributed by atoms with Crippen molar-refractivity contribution in [3.05, 3.63) is 47.0 Å². The van der Waals surface area contributed by atoms with Gasteiger partial charge in [-0.05, 0) is 18.2 Å². The number of halogens is 4. The molecule has 9 heteroatoms. The van der Waals surface area contributed by atoms with Gasteiger partial charge in [0.15, 0.2) is 5.69 Å². The molecule has 5 nitrogen and oxygen atoms in total. The summed E-state index contributed by atoms with van der Waals surface area (Å²) < 4.78 is 52.8. The van der Waals surface area contributed by atoms with Gasteiger partial charge in [-0.1, -0.05) is 0 Å². The summed E-state index contributed by atoms with van der Waals surface area (Å²) in [5, 5.41) is 20.7. The quantitative estimate of drug-likeness (QED) is 0.864. The highest BCUT2D eigenvalue weighted by atomic mass is 19.4. The van der Waals surface area contributed by atoms with Crippen LogP contribution in [0, 0.1) is 17.1 Å². The molecule has 0 aliphatic heterocycles. The molecular weight excluding hydrogens is 294 g/mol. The number of nitrogens with zero attached hydrogens (tertiary/aromatic N) is 3. The first-order valence-corrected chi connectivity index (χ1v) is 5.34. The Morgan fingerprint density at radius 3 is 2.57 bits per heavy atom. The molecule has 1 aromatic heterocycles. The summed E-state index contributed by atoms with van der Waals surface area (Å²) in [6.07, 6.45) is -4.58. The highest BCUT2D eigenvalue weighted by molar-refractivity contribution is 5.89. The molecule has 2 aromatic rings. The lowest BCUT2D eigenvalue weighted by Gasteiger charge is -2.12. The van der Waals surface area contributed by atoms with E-state index in [1.54, 1.807) is 6.07 Å². The number of carbonyl (C=O) groups is 1. The topological polar surface area (TPSA) is 78.9 Å². The minimum Gasteiger partial charge on any atom is -0.478 e. The van der Waals surface area contributed by atoms with E-state index in [1.165, 1.54) is 0 Å². The van der Waals surface area contributed by atoms with E-state index in [0.29, 0.717) is 6.20 Å². The molecule has 0 bridgehead atoms. The summed E-state index contributed by atoms with van der Waals surface area (Å²) in [6.45, 7) is 0. The molecule has 0 spiro atoms. The molecule has 21 heavy (non-hydrogen) atoms. The fourth-order valence-corrected chi connectivity index (χ4v) is 1.70. The number of aromatic carboxylic acids is 1. The van der Waals surface area contributed by atoms with Crippen LogP contribution in [0.2, 0.25) is 0 Å². The summed E-state index contributed by atoms with van der Waals surface area (Å²) in [5.41, 5.74) is -3.48. The van der Waals surface area contributed by atoms with E-state index >= 15 is 0 Å². The van der Waals surface area contributed by atoms with Crippen molar-refractivity contribution in [2.45, 2.75) is 6.18 Å². The van der Waals surface area contributed by atoms with Crippen LogP contribution in [0.3, 0.4) is 0 Å². The van der Waals surface area contributed by atoms with Gasteiger partial charge in [-0.25, -0.2) is 13.9 Å². The van der Waals surface area contributed by atoms with Crippen molar-refractivity contribution >= 4 is 5.97 Å². The molecule has 1 heterocycles. The van der Waals surface area contributed by atoms with Crippen LogP contribution >= 0.6 is 0 Å². The van der Waals surface area contributed by atoms with Crippen LogP contribution in [0.15, 0.2) is 24.4 Å². The number of alkyl halides is 3. The van der Waals surface area contributed by atoms with Gasteiger partial charge in [-0.2, -0.15) is 23.5 Å². The van der Waals surface area contributed by atoms with Crippen LogP contribution in [0.25, 0.3) is 5.69 Å². The zero-order valence-electron chi connectivity index (χ0n) is 10.0. The van der Waals surface area contributed by atoms with Crippen molar-refractivity contribution in [1.82, 2.24) is 9.78 Å². The predicted octanol–water partition coefficient (Wildman–Crippen LogP) is 2.60. The Kier molecular flexibility index (Phi) is 3.39. The number of carboxylic acid groups (broad SMARTS) is 1. The number of aromatic nitrogens is 2. The van der Waals surface area contributed by atoms with E-state index in [2.05, 4.69) is 5.10 Å². The van der Waals surface area contributed by atoms with Gasteiger partial charge in [0.25, 0.3) is 0 Å². The van der Waals surface area contributed by atoms with Gasteiger partial charge in [0, 0.05) is 0 Å². The molecule has 1 aromatic carbocycles. The minimum atomic E-state index is -5.06. The smallest absolute Gasteiger partial charge is 0.434 e. The van der Waals surface area contributed by atoms with E-state index in [9.17, 15) is 22.4 Å². The standard InChI is InChI=1S/C12H5F4N3O2/c13-8-2-1-6(4-17)3-9(8)19-10(12(14,15)16)7(5-18-19)11(20)21/h1-3,5H,(H,20,21). The Balaban J connectivity index is 2.77. The molecule has 0 saturated heterocycles. The molecular formula is C12H5F4N3O2. The molecule has 0 radical (unpaired) electrons. The van der Waals surface area contributed by atoms with Crippen LogP contribution in [0.1, 0.15) is 21.6 Å². The normalized spacial score (nSPS) is 11.2. The van der Waals surface area contributed by atoms with Gasteiger partial charge in [0.1, 0.15) is 17.1 Å². The van der Waals surface area contributed by atoms with Gasteiger partial charge < -0.3 is 5.11 Å². The van der Waals surface area contributed by atoms with Gasteiger partial charge in [-0.15, -0.1) is 0 Å². The number of hydrogen-bond donors (Lipinski definition) is 1. The van der Waals surface area contributed by atoms with Crippen molar-refractivity contribution in [1.29, 1.82) is 5.26 Å². The summed E-state index contributed by atoms with van der Waals surface area (Å²) in [5.74, 6) is -2.91. The number of carboxylic acids is 1. The third kappa shape index (κ3) is 2.55. The molecule has 0 saturated carbocycles. The second kappa shape index (κ2) is 4.90. The Hall–Kier alpha value is -2.89. The van der Waals surface area contributed by atoms with E-state index in [1.807, 2.05) is 0 Å². The van der Waals surface area contributed by atoms with Gasteiger partial charge in [0.05, 0.1) is 17.8 Å². The van der Waals surface area contributed by atoms with Crippen LogP contribution in [0.4, 0.5) is 17.6 Å². The maximum Gasteiger partial charge on any atom is 0.434 e. The number of hydrogen-bond acceptors (Lipinski definition) is 3. The average molecular weight is 299 g/mol. The maximum absolute atomic E-state index is 13.7. The molecule has 108 valence electrons. The van der Waals surface area contributed by atoms with Crippen LogP contribution < -0.4 is 0 Å². The third-order valence-electron chi connectivity index (χ3n) is 2.57. The van der Waals surface area contributed by atoms with Crippen LogP contribution in [-0.4, -0.2) is 20.9 Å². The summed E-state index contributed by atoms with van der Waals surface area (Å²) in [7, 11) is 0. The van der Waals surface area contributed by atoms with E-state index in [0.717, 1.165) is 18.2 Å². The molecule has 2 rings (SSSR count). The fraction of sp³-hybridized carbons (Fsp3) is 0.0833. The second-order valence-electron chi connectivity index (χ2n) is 3.90. The SMILES string of the molecule is N#Cc1ccc(F)c(-n2ncc(C(=O)O)c2C(F)(F)F)c1. The monoisotopic (exact) mass is 299 g/mol. The maximum atomic E-state index is 13.7. The van der Waals surface area contributed by atoms with Crippen LogP contribution in [-0.2, 0) is 6.18 Å². The van der Waals surface area contributed by atoms with E-state index < -0.39 is 34.9 Å². The molecule has 0 amide bonds. The van der Waals surface area contributed by atoms with Crippen molar-refractivity contribution in [2.24, 2.45) is 0 Å². The largest absolute Gasteiger partial charge is 0.478 e. The summed E-state index contributed by atoms with van der Waals surface area (Å²) >= 11 is 0. The van der Waals surface area contributed by atoms with E-state index in [4.69, 9.17) is 10.4 Å². The molecule has 0 fully saturated rings. The Bertz CT molecular complexity index is 759. The molecule has 0 unspecified atom stereocenters. The Morgan fingerprint density at radius 1 is 1.38 bits per heavy atom. The lowest BCUT2D eigenvalue weighted by molar-refractivity contribution is -0.143. The van der Waals surface area contributed by atoms with Gasteiger partial charge in [0.2, 0.25) is 0 Å². The number of benzene rings is 1. The average Bonchev–Trinajstić information content (AvgIpc) is 2.84. The summed E-state index contributed by atoms with van der Waals surface area (Å²) in [6, 6.07) is 4.38.